The molecule has 0 aliphatic carbocycles. The Morgan fingerprint density at radius 1 is 1.05 bits per heavy atom. The topological polar surface area (TPSA) is 47.1 Å². The highest BCUT2D eigenvalue weighted by Gasteiger charge is 2.15. The van der Waals surface area contributed by atoms with Crippen molar-refractivity contribution in [2.24, 2.45) is 0 Å². The minimum atomic E-state index is -0.106. The van der Waals surface area contributed by atoms with E-state index in [1.54, 1.807) is 0 Å². The van der Waals surface area contributed by atoms with E-state index in [2.05, 4.69) is 9.97 Å². The van der Waals surface area contributed by atoms with Crippen LogP contribution in [-0.2, 0) is 4.74 Å². The predicted molar refractivity (Wildman–Crippen MR) is 85.7 cm³/mol. The van der Waals surface area contributed by atoms with Gasteiger partial charge in [-0.25, -0.2) is 4.98 Å². The number of aromatic amines is 1. The quantitative estimate of drug-likeness (QED) is 0.790. The van der Waals surface area contributed by atoms with Crippen molar-refractivity contribution in [3.8, 4) is 17.1 Å². The van der Waals surface area contributed by atoms with Gasteiger partial charge in [-0.05, 0) is 49.2 Å². The molecule has 4 rings (SSSR count). The van der Waals surface area contributed by atoms with Crippen molar-refractivity contribution < 1.29 is 9.47 Å². The monoisotopic (exact) mass is 294 g/mol. The van der Waals surface area contributed by atoms with Crippen LogP contribution in [0.2, 0.25) is 0 Å². The maximum Gasteiger partial charge on any atom is 0.199 e. The molecule has 2 heterocycles. The average Bonchev–Trinajstić information content (AvgIpc) is 3.00. The number of hydrogen-bond acceptors (Lipinski definition) is 3. The van der Waals surface area contributed by atoms with Crippen LogP contribution in [0.3, 0.4) is 0 Å². The van der Waals surface area contributed by atoms with Crippen molar-refractivity contribution in [2.45, 2.75) is 25.6 Å². The van der Waals surface area contributed by atoms with Gasteiger partial charge in [-0.1, -0.05) is 12.1 Å². The SMILES string of the molecule is c1ccc2[nH]c(-c3ccc(OC4CCCCO4)cc3)nc2c1. The minimum Gasteiger partial charge on any atom is -0.465 e. The van der Waals surface area contributed by atoms with Gasteiger partial charge >= 0.3 is 0 Å². The third-order valence-electron chi connectivity index (χ3n) is 3.92. The molecule has 3 aromatic rings. The molecule has 22 heavy (non-hydrogen) atoms. The summed E-state index contributed by atoms with van der Waals surface area (Å²) in [5.74, 6) is 1.72. The fourth-order valence-corrected chi connectivity index (χ4v) is 2.74. The Balaban J connectivity index is 1.53. The summed E-state index contributed by atoms with van der Waals surface area (Å²) in [5, 5.41) is 0. The van der Waals surface area contributed by atoms with E-state index in [0.717, 1.165) is 47.6 Å². The number of benzene rings is 2. The lowest BCUT2D eigenvalue weighted by atomic mass is 10.2. The molecule has 1 N–H and O–H groups in total. The molecule has 4 heteroatoms. The van der Waals surface area contributed by atoms with E-state index in [-0.39, 0.29) is 6.29 Å². The van der Waals surface area contributed by atoms with E-state index >= 15 is 0 Å². The second kappa shape index (κ2) is 5.81. The Labute approximate surface area is 129 Å². The molecule has 1 aromatic heterocycles. The molecule has 2 aromatic carbocycles. The van der Waals surface area contributed by atoms with Crippen LogP contribution in [0.15, 0.2) is 48.5 Å². The smallest absolute Gasteiger partial charge is 0.199 e. The molecule has 0 amide bonds. The number of nitrogens with one attached hydrogen (secondary N) is 1. The molecule has 1 aliphatic heterocycles. The van der Waals surface area contributed by atoms with Crippen molar-refractivity contribution in [3.63, 3.8) is 0 Å². The Kier molecular flexibility index (Phi) is 3.52. The zero-order valence-corrected chi connectivity index (χ0v) is 12.3. The fourth-order valence-electron chi connectivity index (χ4n) is 2.74. The number of H-pyrrole nitrogens is 1. The summed E-state index contributed by atoms with van der Waals surface area (Å²) in [4.78, 5) is 7.94. The van der Waals surface area contributed by atoms with E-state index in [1.165, 1.54) is 6.42 Å². The van der Waals surface area contributed by atoms with Crippen LogP contribution in [0.5, 0.6) is 5.75 Å². The highest BCUT2D eigenvalue weighted by Crippen LogP contribution is 2.24. The first-order chi connectivity index (χ1) is 10.9. The van der Waals surface area contributed by atoms with Gasteiger partial charge in [0.25, 0.3) is 0 Å². The van der Waals surface area contributed by atoms with Gasteiger partial charge in [0.05, 0.1) is 17.6 Å². The molecule has 1 aliphatic rings. The van der Waals surface area contributed by atoms with Gasteiger partial charge in [0, 0.05) is 12.0 Å². The van der Waals surface area contributed by atoms with Gasteiger partial charge in [0.15, 0.2) is 6.29 Å². The van der Waals surface area contributed by atoms with Crippen LogP contribution < -0.4 is 4.74 Å². The molecule has 1 unspecified atom stereocenters. The maximum atomic E-state index is 5.85. The lowest BCUT2D eigenvalue weighted by Gasteiger charge is -2.23. The summed E-state index contributed by atoms with van der Waals surface area (Å²) < 4.78 is 11.4. The Morgan fingerprint density at radius 2 is 1.91 bits per heavy atom. The first kappa shape index (κ1) is 13.3. The molecule has 0 radical (unpaired) electrons. The van der Waals surface area contributed by atoms with Crippen molar-refractivity contribution in [2.75, 3.05) is 6.61 Å². The summed E-state index contributed by atoms with van der Waals surface area (Å²) in [6.45, 7) is 0.793. The molecule has 0 spiro atoms. The van der Waals surface area contributed by atoms with Gasteiger partial charge in [-0.15, -0.1) is 0 Å². The molecule has 4 nitrogen and oxygen atoms in total. The van der Waals surface area contributed by atoms with Gasteiger partial charge in [-0.2, -0.15) is 0 Å². The van der Waals surface area contributed by atoms with Crippen LogP contribution in [0.1, 0.15) is 19.3 Å². The summed E-state index contributed by atoms with van der Waals surface area (Å²) in [6, 6.07) is 16.0. The number of ether oxygens (including phenoxy) is 2. The van der Waals surface area contributed by atoms with E-state index in [1.807, 2.05) is 48.5 Å². The minimum absolute atomic E-state index is 0.106. The molecular formula is C18H18N2O2. The number of nitrogens with zero attached hydrogens (tertiary/aromatic N) is 1. The zero-order chi connectivity index (χ0) is 14.8. The summed E-state index contributed by atoms with van der Waals surface area (Å²) in [7, 11) is 0. The molecule has 1 fully saturated rings. The third kappa shape index (κ3) is 2.70. The van der Waals surface area contributed by atoms with Crippen LogP contribution in [0, 0.1) is 0 Å². The molecule has 112 valence electrons. The summed E-state index contributed by atoms with van der Waals surface area (Å²) >= 11 is 0. The Morgan fingerprint density at radius 3 is 2.68 bits per heavy atom. The number of aromatic nitrogens is 2. The van der Waals surface area contributed by atoms with Crippen LogP contribution in [-0.4, -0.2) is 22.9 Å². The Hall–Kier alpha value is -2.33. The fraction of sp³-hybridized carbons (Fsp3) is 0.278. The van der Waals surface area contributed by atoms with Crippen LogP contribution >= 0.6 is 0 Å². The van der Waals surface area contributed by atoms with Crippen molar-refractivity contribution in [1.29, 1.82) is 0 Å². The lowest BCUT2D eigenvalue weighted by Crippen LogP contribution is -2.24. The first-order valence-corrected chi connectivity index (χ1v) is 7.72. The predicted octanol–water partition coefficient (Wildman–Crippen LogP) is 4.14. The van der Waals surface area contributed by atoms with Crippen molar-refractivity contribution in [3.05, 3.63) is 48.5 Å². The average molecular weight is 294 g/mol. The standard InChI is InChI=1S/C18H18N2O2/c1-2-6-16-15(5-1)19-18(20-16)13-8-10-14(11-9-13)22-17-7-3-4-12-21-17/h1-2,5-6,8-11,17H,3-4,7,12H2,(H,19,20). The van der Waals surface area contributed by atoms with E-state index < -0.39 is 0 Å². The largest absolute Gasteiger partial charge is 0.465 e. The van der Waals surface area contributed by atoms with E-state index in [4.69, 9.17) is 9.47 Å². The number of hydrogen-bond donors (Lipinski definition) is 1. The highest BCUT2D eigenvalue weighted by atomic mass is 16.7. The molecule has 1 saturated heterocycles. The van der Waals surface area contributed by atoms with Gasteiger partial charge in [-0.3, -0.25) is 0 Å². The maximum absolute atomic E-state index is 5.85. The highest BCUT2D eigenvalue weighted by molar-refractivity contribution is 5.79. The molecule has 1 atom stereocenters. The first-order valence-electron chi connectivity index (χ1n) is 7.72. The van der Waals surface area contributed by atoms with E-state index in [0.29, 0.717) is 0 Å². The molecule has 0 saturated carbocycles. The number of fused-ring (bicyclic) bond motifs is 1. The van der Waals surface area contributed by atoms with Crippen LogP contribution in [0.4, 0.5) is 0 Å². The zero-order valence-electron chi connectivity index (χ0n) is 12.3. The van der Waals surface area contributed by atoms with Gasteiger partial charge < -0.3 is 14.5 Å². The Bertz CT molecular complexity index is 725. The molecular weight excluding hydrogens is 276 g/mol. The van der Waals surface area contributed by atoms with Gasteiger partial charge in [0.1, 0.15) is 11.6 Å². The normalized spacial score (nSPS) is 18.5. The van der Waals surface area contributed by atoms with E-state index in [9.17, 15) is 0 Å². The number of para-hydroxylation sites is 2. The second-order valence-electron chi connectivity index (χ2n) is 5.54. The van der Waals surface area contributed by atoms with Gasteiger partial charge in [0.2, 0.25) is 0 Å². The third-order valence-corrected chi connectivity index (χ3v) is 3.92. The molecule has 0 bridgehead atoms. The summed E-state index contributed by atoms with van der Waals surface area (Å²) in [5.41, 5.74) is 3.08. The second-order valence-corrected chi connectivity index (χ2v) is 5.54. The number of imidazole rings is 1. The number of rotatable bonds is 3. The van der Waals surface area contributed by atoms with Crippen molar-refractivity contribution >= 4 is 11.0 Å². The van der Waals surface area contributed by atoms with Crippen molar-refractivity contribution in [1.82, 2.24) is 9.97 Å². The summed E-state index contributed by atoms with van der Waals surface area (Å²) in [6.07, 6.45) is 3.16. The van der Waals surface area contributed by atoms with Crippen LogP contribution in [0.25, 0.3) is 22.4 Å². The lowest BCUT2D eigenvalue weighted by molar-refractivity contribution is -0.105.